The minimum Gasteiger partial charge on any atom is -0.342 e. The maximum atomic E-state index is 12.4. The van der Waals surface area contributed by atoms with Crippen LogP contribution in [0.5, 0.6) is 0 Å². The molecule has 0 bridgehead atoms. The molecule has 4 heteroatoms. The molecule has 0 saturated carbocycles. The Bertz CT molecular complexity index is 281. The first-order valence-electron chi connectivity index (χ1n) is 7.93. The predicted molar refractivity (Wildman–Crippen MR) is 78.1 cm³/mol. The third-order valence-electron chi connectivity index (χ3n) is 4.67. The van der Waals surface area contributed by atoms with Crippen molar-refractivity contribution in [1.29, 1.82) is 0 Å². The van der Waals surface area contributed by atoms with Gasteiger partial charge in [0.25, 0.3) is 0 Å². The van der Waals surface area contributed by atoms with E-state index in [0.29, 0.717) is 18.5 Å². The van der Waals surface area contributed by atoms with Gasteiger partial charge in [-0.25, -0.2) is 0 Å². The zero-order valence-corrected chi connectivity index (χ0v) is 12.5. The zero-order valence-electron chi connectivity index (χ0n) is 12.5. The number of hydrogen-bond donors (Lipinski definition) is 1. The lowest BCUT2D eigenvalue weighted by Gasteiger charge is -2.36. The van der Waals surface area contributed by atoms with Crippen LogP contribution in [-0.2, 0) is 4.79 Å². The fourth-order valence-electron chi connectivity index (χ4n) is 3.18. The molecule has 1 amide bonds. The summed E-state index contributed by atoms with van der Waals surface area (Å²) in [6, 6.07) is 0.548. The molecule has 2 fully saturated rings. The van der Waals surface area contributed by atoms with Gasteiger partial charge in [0.05, 0.1) is 6.54 Å². The summed E-state index contributed by atoms with van der Waals surface area (Å²) in [4.78, 5) is 16.8. The van der Waals surface area contributed by atoms with Gasteiger partial charge in [-0.1, -0.05) is 13.8 Å². The number of likely N-dealkylation sites (N-methyl/N-ethyl adjacent to an activating group) is 1. The summed E-state index contributed by atoms with van der Waals surface area (Å²) >= 11 is 0. The lowest BCUT2D eigenvalue weighted by atomic mass is 9.99. The molecule has 19 heavy (non-hydrogen) atoms. The van der Waals surface area contributed by atoms with Crippen molar-refractivity contribution < 1.29 is 4.79 Å². The summed E-state index contributed by atoms with van der Waals surface area (Å²) in [6.07, 6.45) is 4.80. The summed E-state index contributed by atoms with van der Waals surface area (Å²) < 4.78 is 0. The molecule has 0 aliphatic carbocycles. The fourth-order valence-corrected chi connectivity index (χ4v) is 3.18. The normalized spacial score (nSPS) is 25.8. The van der Waals surface area contributed by atoms with E-state index < -0.39 is 0 Å². The highest BCUT2D eigenvalue weighted by Gasteiger charge is 2.25. The number of hydrogen-bond acceptors (Lipinski definition) is 3. The van der Waals surface area contributed by atoms with E-state index in [2.05, 4.69) is 29.0 Å². The fraction of sp³-hybridized carbons (Fsp3) is 0.933. The summed E-state index contributed by atoms with van der Waals surface area (Å²) in [6.45, 7) is 10.1. The highest BCUT2D eigenvalue weighted by Crippen LogP contribution is 2.17. The van der Waals surface area contributed by atoms with Crippen molar-refractivity contribution in [2.75, 3.05) is 39.3 Å². The summed E-state index contributed by atoms with van der Waals surface area (Å²) in [5.41, 5.74) is 0. The second-order valence-electron chi connectivity index (χ2n) is 6.13. The van der Waals surface area contributed by atoms with Crippen molar-refractivity contribution in [2.24, 2.45) is 5.92 Å². The number of rotatable bonds is 4. The van der Waals surface area contributed by atoms with Crippen LogP contribution in [-0.4, -0.2) is 61.0 Å². The van der Waals surface area contributed by atoms with Crippen molar-refractivity contribution in [3.05, 3.63) is 0 Å². The monoisotopic (exact) mass is 267 g/mol. The predicted octanol–water partition coefficient (Wildman–Crippen LogP) is 1.32. The van der Waals surface area contributed by atoms with Crippen molar-refractivity contribution in [2.45, 2.75) is 45.6 Å². The molecule has 2 rings (SSSR count). The highest BCUT2D eigenvalue weighted by atomic mass is 16.2. The number of likely N-dealkylation sites (tertiary alicyclic amines) is 1. The van der Waals surface area contributed by atoms with Crippen LogP contribution in [0.25, 0.3) is 0 Å². The van der Waals surface area contributed by atoms with Crippen LogP contribution in [0.3, 0.4) is 0 Å². The Labute approximate surface area is 117 Å². The third-order valence-corrected chi connectivity index (χ3v) is 4.67. The van der Waals surface area contributed by atoms with Gasteiger partial charge in [-0.3, -0.25) is 9.69 Å². The van der Waals surface area contributed by atoms with E-state index in [1.165, 1.54) is 25.7 Å². The number of carbonyl (C=O) groups excluding carboxylic acids is 1. The molecule has 0 radical (unpaired) electrons. The van der Waals surface area contributed by atoms with E-state index >= 15 is 0 Å². The molecule has 0 spiro atoms. The Morgan fingerprint density at radius 3 is 2.63 bits per heavy atom. The molecule has 2 saturated heterocycles. The van der Waals surface area contributed by atoms with Crippen LogP contribution in [0, 0.1) is 5.92 Å². The maximum Gasteiger partial charge on any atom is 0.236 e. The first-order chi connectivity index (χ1) is 9.20. The SMILES string of the molecule is CCN(CC(=O)N1CCC(C)CC1)C1CCCNC1. The van der Waals surface area contributed by atoms with Gasteiger partial charge in [-0.15, -0.1) is 0 Å². The van der Waals surface area contributed by atoms with E-state index in [1.54, 1.807) is 0 Å². The average Bonchev–Trinajstić information content (AvgIpc) is 2.46. The minimum atomic E-state index is 0.333. The zero-order chi connectivity index (χ0) is 13.7. The van der Waals surface area contributed by atoms with E-state index in [0.717, 1.165) is 38.6 Å². The van der Waals surface area contributed by atoms with Crippen molar-refractivity contribution in [3.63, 3.8) is 0 Å². The summed E-state index contributed by atoms with van der Waals surface area (Å²) in [7, 11) is 0. The highest BCUT2D eigenvalue weighted by molar-refractivity contribution is 5.78. The quantitative estimate of drug-likeness (QED) is 0.834. The largest absolute Gasteiger partial charge is 0.342 e. The summed E-state index contributed by atoms with van der Waals surface area (Å²) in [5, 5.41) is 3.44. The van der Waals surface area contributed by atoms with Gasteiger partial charge in [0.2, 0.25) is 5.91 Å². The second kappa shape index (κ2) is 7.25. The Kier molecular flexibility index (Phi) is 5.64. The van der Waals surface area contributed by atoms with Gasteiger partial charge >= 0.3 is 0 Å². The molecule has 2 heterocycles. The smallest absolute Gasteiger partial charge is 0.236 e. The van der Waals surface area contributed by atoms with Crippen LogP contribution < -0.4 is 5.32 Å². The van der Waals surface area contributed by atoms with Crippen LogP contribution in [0.1, 0.15) is 39.5 Å². The Hall–Kier alpha value is -0.610. The van der Waals surface area contributed by atoms with Gasteiger partial charge in [-0.2, -0.15) is 0 Å². The van der Waals surface area contributed by atoms with Gasteiger partial charge in [0.1, 0.15) is 0 Å². The van der Waals surface area contributed by atoms with Crippen LogP contribution in [0.15, 0.2) is 0 Å². The van der Waals surface area contributed by atoms with Crippen molar-refractivity contribution in [1.82, 2.24) is 15.1 Å². The van der Waals surface area contributed by atoms with Crippen LogP contribution in [0.4, 0.5) is 0 Å². The lowest BCUT2D eigenvalue weighted by molar-refractivity contribution is -0.134. The van der Waals surface area contributed by atoms with E-state index in [-0.39, 0.29) is 0 Å². The first-order valence-corrected chi connectivity index (χ1v) is 7.93. The van der Waals surface area contributed by atoms with Crippen molar-refractivity contribution in [3.8, 4) is 0 Å². The van der Waals surface area contributed by atoms with Crippen LogP contribution in [0.2, 0.25) is 0 Å². The topological polar surface area (TPSA) is 35.6 Å². The molecule has 2 aliphatic rings. The van der Waals surface area contributed by atoms with Gasteiger partial charge < -0.3 is 10.2 Å². The standard InChI is InChI=1S/C15H29N3O/c1-3-17(14-5-4-8-16-11-14)12-15(19)18-9-6-13(2)7-10-18/h13-14,16H,3-12H2,1-2H3. The average molecular weight is 267 g/mol. The molecule has 4 nitrogen and oxygen atoms in total. The molecule has 1 N–H and O–H groups in total. The number of nitrogens with one attached hydrogen (secondary N) is 1. The Morgan fingerprint density at radius 1 is 1.32 bits per heavy atom. The second-order valence-corrected chi connectivity index (χ2v) is 6.13. The molecular weight excluding hydrogens is 238 g/mol. The Morgan fingerprint density at radius 2 is 2.05 bits per heavy atom. The first kappa shape index (κ1) is 14.8. The maximum absolute atomic E-state index is 12.4. The Balaban J connectivity index is 1.81. The van der Waals surface area contributed by atoms with Crippen molar-refractivity contribution >= 4 is 5.91 Å². The number of carbonyl (C=O) groups is 1. The van der Waals surface area contributed by atoms with E-state index in [4.69, 9.17) is 0 Å². The number of amides is 1. The molecular formula is C15H29N3O. The van der Waals surface area contributed by atoms with Gasteiger partial charge in [-0.05, 0) is 44.7 Å². The van der Waals surface area contributed by atoms with E-state index in [1.807, 2.05) is 0 Å². The van der Waals surface area contributed by atoms with Gasteiger partial charge in [0.15, 0.2) is 0 Å². The number of piperidine rings is 2. The molecule has 0 aromatic rings. The molecule has 1 unspecified atom stereocenters. The lowest BCUT2D eigenvalue weighted by Crippen LogP contribution is -2.51. The molecule has 1 atom stereocenters. The van der Waals surface area contributed by atoms with Crippen LogP contribution >= 0.6 is 0 Å². The molecule has 110 valence electrons. The summed E-state index contributed by atoms with van der Waals surface area (Å²) in [5.74, 6) is 1.12. The molecule has 0 aromatic carbocycles. The third kappa shape index (κ3) is 4.18. The van der Waals surface area contributed by atoms with Gasteiger partial charge in [0, 0.05) is 25.7 Å². The number of nitrogens with zero attached hydrogens (tertiary/aromatic N) is 2. The minimum absolute atomic E-state index is 0.333. The molecule has 0 aromatic heterocycles. The molecule has 2 aliphatic heterocycles. The van der Waals surface area contributed by atoms with E-state index in [9.17, 15) is 4.79 Å².